The van der Waals surface area contributed by atoms with Crippen LogP contribution in [0.4, 0.5) is 0 Å². The molecule has 1 heterocycles. The number of nitrogens with zero attached hydrogens (tertiary/aromatic N) is 2. The molecule has 0 amide bonds. The van der Waals surface area contributed by atoms with Crippen molar-refractivity contribution in [2.45, 2.75) is 39.8 Å². The van der Waals surface area contributed by atoms with Crippen LogP contribution in [0.3, 0.4) is 0 Å². The maximum Gasteiger partial charge on any atom is 0.0769 e. The predicted molar refractivity (Wildman–Crippen MR) is 64.1 cm³/mol. The number of hydrogen-bond acceptors (Lipinski definition) is 5. The first-order valence-corrected chi connectivity index (χ1v) is 6.23. The monoisotopic (exact) mass is 228 g/mol. The first kappa shape index (κ1) is 12.5. The summed E-state index contributed by atoms with van der Waals surface area (Å²) in [6, 6.07) is 0.484. The molecule has 1 aromatic heterocycles. The number of aryl methyl sites for hydroxylation is 1. The second-order valence-electron chi connectivity index (χ2n) is 3.77. The van der Waals surface area contributed by atoms with Gasteiger partial charge in [-0.2, -0.15) is 0 Å². The summed E-state index contributed by atoms with van der Waals surface area (Å²) in [6.45, 7) is 9.34. The van der Waals surface area contributed by atoms with E-state index in [2.05, 4.69) is 34.1 Å². The molecule has 0 aliphatic heterocycles. The highest BCUT2D eigenvalue weighted by Crippen LogP contribution is 2.08. The average Bonchev–Trinajstić information content (AvgIpc) is 2.61. The minimum absolute atomic E-state index is 0.484. The molecule has 0 bridgehead atoms. The summed E-state index contributed by atoms with van der Waals surface area (Å²) in [5.74, 6) is 0. The van der Waals surface area contributed by atoms with Crippen molar-refractivity contribution in [1.29, 1.82) is 0 Å². The van der Waals surface area contributed by atoms with Gasteiger partial charge >= 0.3 is 0 Å². The summed E-state index contributed by atoms with van der Waals surface area (Å²) in [5, 5.41) is 10.8. The van der Waals surface area contributed by atoms with Crippen LogP contribution in [0.5, 0.6) is 0 Å². The Kier molecular flexibility index (Phi) is 5.75. The molecule has 2 N–H and O–H groups in total. The van der Waals surface area contributed by atoms with Gasteiger partial charge in [-0.1, -0.05) is 11.4 Å². The summed E-state index contributed by atoms with van der Waals surface area (Å²) in [7, 11) is 0. The molecule has 0 radical (unpaired) electrons. The molecule has 4 nitrogen and oxygen atoms in total. The topological polar surface area (TPSA) is 49.8 Å². The van der Waals surface area contributed by atoms with Gasteiger partial charge in [0.25, 0.3) is 0 Å². The summed E-state index contributed by atoms with van der Waals surface area (Å²) in [6.07, 6.45) is 1.19. The van der Waals surface area contributed by atoms with Gasteiger partial charge in [0, 0.05) is 19.1 Å². The van der Waals surface area contributed by atoms with E-state index in [-0.39, 0.29) is 0 Å². The van der Waals surface area contributed by atoms with E-state index in [1.54, 1.807) is 0 Å². The third-order valence-corrected chi connectivity index (χ3v) is 3.06. The molecule has 86 valence electrons. The van der Waals surface area contributed by atoms with Crippen LogP contribution in [0.2, 0.25) is 0 Å². The molecule has 0 fully saturated rings. The molecule has 0 spiro atoms. The Balaban J connectivity index is 2.16. The Morgan fingerprint density at radius 3 is 2.87 bits per heavy atom. The van der Waals surface area contributed by atoms with Gasteiger partial charge in [-0.25, -0.2) is 0 Å². The summed E-state index contributed by atoms with van der Waals surface area (Å²) in [5.41, 5.74) is 1.04. The Morgan fingerprint density at radius 1 is 1.47 bits per heavy atom. The first-order chi connectivity index (χ1) is 7.24. The molecular formula is C10H20N4S. The van der Waals surface area contributed by atoms with Crippen LogP contribution in [0.1, 0.15) is 30.8 Å². The molecular weight excluding hydrogens is 208 g/mol. The minimum atomic E-state index is 0.484. The molecule has 1 rings (SSSR count). The van der Waals surface area contributed by atoms with Gasteiger partial charge in [0.2, 0.25) is 0 Å². The van der Waals surface area contributed by atoms with Crippen LogP contribution in [0.25, 0.3) is 0 Å². The fourth-order valence-corrected chi connectivity index (χ4v) is 1.83. The molecule has 0 aromatic carbocycles. The fourth-order valence-electron chi connectivity index (χ4n) is 1.25. The second-order valence-corrected chi connectivity index (χ2v) is 4.61. The summed E-state index contributed by atoms with van der Waals surface area (Å²) < 4.78 is 3.91. The molecule has 0 aliphatic carbocycles. The summed E-state index contributed by atoms with van der Waals surface area (Å²) in [4.78, 5) is 1.23. The van der Waals surface area contributed by atoms with Crippen LogP contribution in [0, 0.1) is 6.92 Å². The van der Waals surface area contributed by atoms with Crippen molar-refractivity contribution in [3.8, 4) is 0 Å². The molecule has 15 heavy (non-hydrogen) atoms. The van der Waals surface area contributed by atoms with Crippen LogP contribution in [-0.4, -0.2) is 28.7 Å². The van der Waals surface area contributed by atoms with Crippen molar-refractivity contribution in [2.75, 3.05) is 13.1 Å². The van der Waals surface area contributed by atoms with Crippen molar-refractivity contribution < 1.29 is 0 Å². The van der Waals surface area contributed by atoms with Gasteiger partial charge < -0.3 is 10.6 Å². The second kappa shape index (κ2) is 6.87. The van der Waals surface area contributed by atoms with E-state index < -0.39 is 0 Å². The lowest BCUT2D eigenvalue weighted by Gasteiger charge is -2.13. The molecule has 1 unspecified atom stereocenters. The van der Waals surface area contributed by atoms with Crippen molar-refractivity contribution in [3.05, 3.63) is 10.6 Å². The minimum Gasteiger partial charge on any atom is -0.315 e. The van der Waals surface area contributed by atoms with E-state index in [0.29, 0.717) is 6.04 Å². The van der Waals surface area contributed by atoms with Gasteiger partial charge in [-0.15, -0.1) is 5.10 Å². The highest BCUT2D eigenvalue weighted by Gasteiger charge is 2.05. The van der Waals surface area contributed by atoms with Gasteiger partial charge in [0.1, 0.15) is 0 Å². The highest BCUT2D eigenvalue weighted by molar-refractivity contribution is 7.05. The fraction of sp³-hybridized carbons (Fsp3) is 0.800. The largest absolute Gasteiger partial charge is 0.315 e. The number of aromatic nitrogens is 2. The lowest BCUT2D eigenvalue weighted by molar-refractivity contribution is 0.502. The van der Waals surface area contributed by atoms with Crippen LogP contribution >= 0.6 is 11.5 Å². The standard InChI is InChI=1S/C10H20N4S/c1-4-5-11-6-8(2)12-7-10-9(3)13-14-15-10/h8,11-12H,4-7H2,1-3H3. The molecule has 1 aromatic rings. The first-order valence-electron chi connectivity index (χ1n) is 5.46. The van der Waals surface area contributed by atoms with Gasteiger partial charge in [0.15, 0.2) is 0 Å². The van der Waals surface area contributed by atoms with E-state index in [4.69, 9.17) is 0 Å². The van der Waals surface area contributed by atoms with Crippen LogP contribution in [-0.2, 0) is 6.54 Å². The third kappa shape index (κ3) is 4.68. The van der Waals surface area contributed by atoms with Gasteiger partial charge in [-0.3, -0.25) is 0 Å². The smallest absolute Gasteiger partial charge is 0.0769 e. The SMILES string of the molecule is CCCNCC(C)NCc1snnc1C. The van der Waals surface area contributed by atoms with E-state index in [0.717, 1.165) is 25.3 Å². The normalized spacial score (nSPS) is 13.0. The Labute approximate surface area is 95.6 Å². The lowest BCUT2D eigenvalue weighted by atomic mass is 10.3. The summed E-state index contributed by atoms with van der Waals surface area (Å²) >= 11 is 1.48. The Hall–Kier alpha value is -0.520. The van der Waals surface area contributed by atoms with E-state index in [1.165, 1.54) is 22.8 Å². The molecule has 1 atom stereocenters. The molecule has 0 saturated heterocycles. The highest BCUT2D eigenvalue weighted by atomic mass is 32.1. The quantitative estimate of drug-likeness (QED) is 0.691. The van der Waals surface area contributed by atoms with E-state index in [9.17, 15) is 0 Å². The van der Waals surface area contributed by atoms with E-state index in [1.807, 2.05) is 6.92 Å². The maximum atomic E-state index is 3.98. The zero-order valence-corrected chi connectivity index (χ0v) is 10.5. The van der Waals surface area contributed by atoms with Crippen molar-refractivity contribution in [1.82, 2.24) is 20.2 Å². The van der Waals surface area contributed by atoms with Gasteiger partial charge in [0.05, 0.1) is 10.6 Å². The average molecular weight is 228 g/mol. The number of hydrogen-bond donors (Lipinski definition) is 2. The van der Waals surface area contributed by atoms with E-state index >= 15 is 0 Å². The lowest BCUT2D eigenvalue weighted by Crippen LogP contribution is -2.36. The van der Waals surface area contributed by atoms with Gasteiger partial charge in [-0.05, 0) is 38.3 Å². The Bertz CT molecular complexity index is 274. The van der Waals surface area contributed by atoms with Crippen molar-refractivity contribution in [2.24, 2.45) is 0 Å². The zero-order valence-electron chi connectivity index (χ0n) is 9.71. The zero-order chi connectivity index (χ0) is 11.1. The molecule has 5 heteroatoms. The van der Waals surface area contributed by atoms with Crippen LogP contribution in [0.15, 0.2) is 0 Å². The third-order valence-electron chi connectivity index (χ3n) is 2.23. The number of rotatable bonds is 7. The predicted octanol–water partition coefficient (Wildman–Crippen LogP) is 1.32. The van der Waals surface area contributed by atoms with Crippen LogP contribution < -0.4 is 10.6 Å². The van der Waals surface area contributed by atoms with Crippen molar-refractivity contribution >= 4 is 11.5 Å². The maximum absolute atomic E-state index is 3.98. The Morgan fingerprint density at radius 2 is 2.27 bits per heavy atom. The molecule has 0 aliphatic rings. The van der Waals surface area contributed by atoms with Crippen molar-refractivity contribution in [3.63, 3.8) is 0 Å². The molecule has 0 saturated carbocycles. The number of nitrogens with one attached hydrogen (secondary N) is 2.